The molecule has 0 spiro atoms. The molecule has 1 aliphatic heterocycles. The lowest BCUT2D eigenvalue weighted by atomic mass is 10.1. The molecule has 5 heteroatoms. The van der Waals surface area contributed by atoms with E-state index in [1.807, 2.05) is 30.3 Å². The number of fused-ring (bicyclic) bond motifs is 1. The van der Waals surface area contributed by atoms with Gasteiger partial charge in [0.15, 0.2) is 0 Å². The molecule has 1 aromatic heterocycles. The van der Waals surface area contributed by atoms with Crippen molar-refractivity contribution in [3.63, 3.8) is 0 Å². The lowest BCUT2D eigenvalue weighted by Crippen LogP contribution is -2.46. The van der Waals surface area contributed by atoms with E-state index in [1.54, 1.807) is 0 Å². The van der Waals surface area contributed by atoms with E-state index in [-0.39, 0.29) is 0 Å². The summed E-state index contributed by atoms with van der Waals surface area (Å²) >= 11 is 12.1. The third-order valence-corrected chi connectivity index (χ3v) is 5.25. The smallest absolute Gasteiger partial charge is 0.129 e. The van der Waals surface area contributed by atoms with Crippen LogP contribution < -0.4 is 9.80 Å². The van der Waals surface area contributed by atoms with Gasteiger partial charge in [-0.3, -0.25) is 0 Å². The summed E-state index contributed by atoms with van der Waals surface area (Å²) in [6, 6.07) is 16.1. The fraction of sp³-hybridized carbons (Fsp3) is 0.250. The number of benzene rings is 2. The Balaban J connectivity index is 1.54. The monoisotopic (exact) mass is 371 g/mol. The number of hydrogen-bond donors (Lipinski definition) is 0. The maximum absolute atomic E-state index is 6.14. The molecule has 1 saturated heterocycles. The van der Waals surface area contributed by atoms with Gasteiger partial charge in [-0.15, -0.1) is 0 Å². The molecule has 2 heterocycles. The van der Waals surface area contributed by atoms with Gasteiger partial charge in [0.25, 0.3) is 0 Å². The zero-order valence-corrected chi connectivity index (χ0v) is 15.6. The van der Waals surface area contributed by atoms with Crippen molar-refractivity contribution in [1.82, 2.24) is 4.98 Å². The average Bonchev–Trinajstić information content (AvgIpc) is 2.62. The molecule has 0 bridgehead atoms. The van der Waals surface area contributed by atoms with Gasteiger partial charge in [0, 0.05) is 47.3 Å². The quantitative estimate of drug-likeness (QED) is 0.618. The maximum atomic E-state index is 6.14. The summed E-state index contributed by atoms with van der Waals surface area (Å²) in [5.41, 5.74) is 3.41. The SMILES string of the molecule is Cc1cc(N2CCN(c3ccc(Cl)cc3)CC2)nc2cc(Cl)ccc12. The number of anilines is 2. The normalized spacial score (nSPS) is 15.0. The van der Waals surface area contributed by atoms with Gasteiger partial charge in [-0.2, -0.15) is 0 Å². The van der Waals surface area contributed by atoms with Crippen LogP contribution in [0.1, 0.15) is 5.56 Å². The lowest BCUT2D eigenvalue weighted by Gasteiger charge is -2.37. The van der Waals surface area contributed by atoms with Crippen molar-refractivity contribution in [3.05, 3.63) is 64.1 Å². The Morgan fingerprint density at radius 2 is 1.44 bits per heavy atom. The molecule has 3 aromatic rings. The maximum Gasteiger partial charge on any atom is 0.129 e. The van der Waals surface area contributed by atoms with Crippen LogP contribution in [0.5, 0.6) is 0 Å². The third-order valence-electron chi connectivity index (χ3n) is 4.76. The molecule has 4 rings (SSSR count). The number of aromatic nitrogens is 1. The minimum absolute atomic E-state index is 0.726. The second-order valence-corrected chi connectivity index (χ2v) is 7.28. The van der Waals surface area contributed by atoms with Gasteiger partial charge in [0.05, 0.1) is 5.52 Å². The molecule has 0 radical (unpaired) electrons. The molecule has 0 amide bonds. The van der Waals surface area contributed by atoms with Gasteiger partial charge in [-0.1, -0.05) is 29.3 Å². The largest absolute Gasteiger partial charge is 0.368 e. The Morgan fingerprint density at radius 3 is 2.16 bits per heavy atom. The highest BCUT2D eigenvalue weighted by Crippen LogP contribution is 2.26. The molecule has 1 aliphatic rings. The summed E-state index contributed by atoms with van der Waals surface area (Å²) in [6.45, 7) is 5.96. The molecule has 0 atom stereocenters. The van der Waals surface area contributed by atoms with E-state index in [9.17, 15) is 0 Å². The second kappa shape index (κ2) is 6.74. The van der Waals surface area contributed by atoms with Gasteiger partial charge >= 0.3 is 0 Å². The first-order valence-corrected chi connectivity index (χ1v) is 9.18. The molecule has 0 aliphatic carbocycles. The summed E-state index contributed by atoms with van der Waals surface area (Å²) in [7, 11) is 0. The molecular formula is C20H19Cl2N3. The Bertz CT molecular complexity index is 901. The number of piperazine rings is 1. The molecule has 3 nitrogen and oxygen atoms in total. The molecular weight excluding hydrogens is 353 g/mol. The van der Waals surface area contributed by atoms with Crippen LogP contribution in [0.2, 0.25) is 10.0 Å². The molecule has 0 N–H and O–H groups in total. The van der Waals surface area contributed by atoms with Crippen LogP contribution in [0.4, 0.5) is 11.5 Å². The summed E-state index contributed by atoms with van der Waals surface area (Å²) in [4.78, 5) is 9.57. The van der Waals surface area contributed by atoms with Crippen LogP contribution in [-0.2, 0) is 0 Å². The first kappa shape index (κ1) is 16.5. The second-order valence-electron chi connectivity index (χ2n) is 6.41. The van der Waals surface area contributed by atoms with Crippen LogP contribution in [0, 0.1) is 6.92 Å². The van der Waals surface area contributed by atoms with Crippen molar-refractivity contribution >= 4 is 45.6 Å². The summed E-state index contributed by atoms with van der Waals surface area (Å²) in [6.07, 6.45) is 0. The van der Waals surface area contributed by atoms with Crippen LogP contribution in [0.15, 0.2) is 48.5 Å². The highest BCUT2D eigenvalue weighted by molar-refractivity contribution is 6.31. The summed E-state index contributed by atoms with van der Waals surface area (Å²) < 4.78 is 0. The predicted octanol–water partition coefficient (Wildman–Crippen LogP) is 5.18. The third kappa shape index (κ3) is 3.39. The molecule has 2 aromatic carbocycles. The van der Waals surface area contributed by atoms with Crippen molar-refractivity contribution in [3.8, 4) is 0 Å². The minimum Gasteiger partial charge on any atom is -0.368 e. The Kier molecular flexibility index (Phi) is 4.45. The van der Waals surface area contributed by atoms with Crippen molar-refractivity contribution in [2.75, 3.05) is 36.0 Å². The molecule has 0 saturated carbocycles. The lowest BCUT2D eigenvalue weighted by molar-refractivity contribution is 0.648. The number of nitrogens with zero attached hydrogens (tertiary/aromatic N) is 3. The molecule has 128 valence electrons. The number of hydrogen-bond acceptors (Lipinski definition) is 3. The first-order chi connectivity index (χ1) is 12.1. The highest BCUT2D eigenvalue weighted by atomic mass is 35.5. The van der Waals surface area contributed by atoms with Crippen molar-refractivity contribution in [1.29, 1.82) is 0 Å². The zero-order valence-electron chi connectivity index (χ0n) is 14.0. The molecule has 0 unspecified atom stereocenters. The van der Waals surface area contributed by atoms with Crippen molar-refractivity contribution in [2.45, 2.75) is 6.92 Å². The van der Waals surface area contributed by atoms with Gasteiger partial charge in [-0.05, 0) is 55.0 Å². The average molecular weight is 372 g/mol. The molecule has 25 heavy (non-hydrogen) atoms. The Labute approximate surface area is 157 Å². The highest BCUT2D eigenvalue weighted by Gasteiger charge is 2.19. The molecule has 1 fully saturated rings. The first-order valence-electron chi connectivity index (χ1n) is 8.42. The minimum atomic E-state index is 0.726. The predicted molar refractivity (Wildman–Crippen MR) is 107 cm³/mol. The standard InChI is InChI=1S/C20H19Cl2N3/c1-14-12-20(23-19-13-16(22)4-7-18(14)19)25-10-8-24(9-11-25)17-5-2-15(21)3-6-17/h2-7,12-13H,8-11H2,1H3. The van der Waals surface area contributed by atoms with Crippen LogP contribution in [-0.4, -0.2) is 31.2 Å². The van der Waals surface area contributed by atoms with E-state index in [0.29, 0.717) is 0 Å². The van der Waals surface area contributed by atoms with E-state index < -0.39 is 0 Å². The Hall–Kier alpha value is -1.97. The van der Waals surface area contributed by atoms with Crippen LogP contribution in [0.25, 0.3) is 10.9 Å². The zero-order chi connectivity index (χ0) is 17.4. The summed E-state index contributed by atoms with van der Waals surface area (Å²) in [5.74, 6) is 1.03. The summed E-state index contributed by atoms with van der Waals surface area (Å²) in [5, 5.41) is 2.66. The van der Waals surface area contributed by atoms with Crippen LogP contribution >= 0.6 is 23.2 Å². The number of aryl methyl sites for hydroxylation is 1. The van der Waals surface area contributed by atoms with Gasteiger partial charge in [-0.25, -0.2) is 4.98 Å². The van der Waals surface area contributed by atoms with E-state index in [4.69, 9.17) is 28.2 Å². The van der Waals surface area contributed by atoms with Crippen molar-refractivity contribution < 1.29 is 0 Å². The fourth-order valence-electron chi connectivity index (χ4n) is 3.37. The topological polar surface area (TPSA) is 19.4 Å². The van der Waals surface area contributed by atoms with Gasteiger partial charge < -0.3 is 9.80 Å². The van der Waals surface area contributed by atoms with Gasteiger partial charge in [0.1, 0.15) is 5.82 Å². The fourth-order valence-corrected chi connectivity index (χ4v) is 3.66. The van der Waals surface area contributed by atoms with E-state index >= 15 is 0 Å². The van der Waals surface area contributed by atoms with Crippen molar-refractivity contribution in [2.24, 2.45) is 0 Å². The number of rotatable bonds is 2. The number of pyridine rings is 1. The van der Waals surface area contributed by atoms with E-state index in [2.05, 4.69) is 34.9 Å². The van der Waals surface area contributed by atoms with E-state index in [0.717, 1.165) is 52.9 Å². The van der Waals surface area contributed by atoms with Gasteiger partial charge in [0.2, 0.25) is 0 Å². The van der Waals surface area contributed by atoms with E-state index in [1.165, 1.54) is 11.3 Å². The number of halogens is 2. The Morgan fingerprint density at radius 1 is 0.800 bits per heavy atom. The van der Waals surface area contributed by atoms with Crippen LogP contribution in [0.3, 0.4) is 0 Å².